The Balaban J connectivity index is 1.49. The van der Waals surface area contributed by atoms with E-state index in [4.69, 9.17) is 4.74 Å². The van der Waals surface area contributed by atoms with Gasteiger partial charge in [0.05, 0.1) is 7.11 Å². The molecule has 0 radical (unpaired) electrons. The maximum atomic E-state index is 12.9. The number of ether oxygens (including phenoxy) is 1. The Labute approximate surface area is 184 Å². The second-order valence-corrected chi connectivity index (χ2v) is 8.51. The summed E-state index contributed by atoms with van der Waals surface area (Å²) in [6.45, 7) is 1.91. The molecule has 0 aliphatic carbocycles. The molecular weight excluding hydrogens is 410 g/mol. The lowest BCUT2D eigenvalue weighted by atomic mass is 10.1. The maximum absolute atomic E-state index is 12.9. The number of carbonyl (C=O) groups is 1. The first-order chi connectivity index (χ1) is 15.0. The van der Waals surface area contributed by atoms with Gasteiger partial charge >= 0.3 is 0 Å². The number of carbonyl (C=O) groups excluding carboxylic acids is 1. The van der Waals surface area contributed by atoms with Crippen LogP contribution in [-0.2, 0) is 12.8 Å². The SMILES string of the molecule is COc1cccc(CC(C)NC(=O)c2cnc3sc(Cc4ccccc4)cn3c2=O)c1. The first-order valence-corrected chi connectivity index (χ1v) is 10.8. The van der Waals surface area contributed by atoms with Gasteiger partial charge in [-0.1, -0.05) is 42.5 Å². The molecule has 158 valence electrons. The van der Waals surface area contributed by atoms with E-state index < -0.39 is 5.91 Å². The fraction of sp³-hybridized carbons (Fsp3) is 0.208. The van der Waals surface area contributed by atoms with Crippen LogP contribution in [0.4, 0.5) is 0 Å². The van der Waals surface area contributed by atoms with Gasteiger partial charge in [-0.3, -0.25) is 14.0 Å². The molecule has 7 heteroatoms. The molecule has 4 rings (SSSR count). The Morgan fingerprint density at radius 3 is 2.71 bits per heavy atom. The van der Waals surface area contributed by atoms with Gasteiger partial charge in [0.15, 0.2) is 4.96 Å². The molecule has 4 aromatic rings. The minimum atomic E-state index is -0.418. The topological polar surface area (TPSA) is 72.7 Å². The highest BCUT2D eigenvalue weighted by Crippen LogP contribution is 2.19. The van der Waals surface area contributed by atoms with Gasteiger partial charge in [0.1, 0.15) is 11.3 Å². The Hall–Kier alpha value is -3.45. The number of methoxy groups -OCH3 is 1. The number of rotatable bonds is 7. The molecule has 1 atom stereocenters. The summed E-state index contributed by atoms with van der Waals surface area (Å²) in [6.07, 6.45) is 4.49. The molecule has 0 saturated heterocycles. The number of hydrogen-bond donors (Lipinski definition) is 1. The lowest BCUT2D eigenvalue weighted by molar-refractivity contribution is 0.0938. The minimum Gasteiger partial charge on any atom is -0.497 e. The minimum absolute atomic E-state index is 0.0408. The van der Waals surface area contributed by atoms with Gasteiger partial charge < -0.3 is 10.1 Å². The smallest absolute Gasteiger partial charge is 0.271 e. The fourth-order valence-corrected chi connectivity index (χ4v) is 4.44. The largest absolute Gasteiger partial charge is 0.497 e. The number of nitrogens with one attached hydrogen (secondary N) is 1. The van der Waals surface area contributed by atoms with Gasteiger partial charge in [0, 0.05) is 29.7 Å². The highest BCUT2D eigenvalue weighted by Gasteiger charge is 2.17. The zero-order valence-electron chi connectivity index (χ0n) is 17.4. The Morgan fingerprint density at radius 2 is 1.94 bits per heavy atom. The van der Waals surface area contributed by atoms with E-state index in [9.17, 15) is 9.59 Å². The van der Waals surface area contributed by atoms with Crippen molar-refractivity contribution in [1.29, 1.82) is 0 Å². The quantitative estimate of drug-likeness (QED) is 0.482. The number of hydrogen-bond acceptors (Lipinski definition) is 5. The number of aromatic nitrogens is 2. The van der Waals surface area contributed by atoms with E-state index in [1.807, 2.05) is 61.5 Å². The van der Waals surface area contributed by atoms with Crippen LogP contribution in [0.2, 0.25) is 0 Å². The zero-order chi connectivity index (χ0) is 21.8. The van der Waals surface area contributed by atoms with E-state index in [1.165, 1.54) is 21.9 Å². The molecule has 0 aliphatic heterocycles. The van der Waals surface area contributed by atoms with Crippen LogP contribution in [0.3, 0.4) is 0 Å². The van der Waals surface area contributed by atoms with Crippen molar-refractivity contribution in [2.24, 2.45) is 0 Å². The fourth-order valence-electron chi connectivity index (χ4n) is 3.47. The summed E-state index contributed by atoms with van der Waals surface area (Å²) in [4.78, 5) is 31.6. The van der Waals surface area contributed by atoms with Gasteiger partial charge in [-0.15, -0.1) is 11.3 Å². The molecule has 6 nitrogen and oxygen atoms in total. The van der Waals surface area contributed by atoms with E-state index >= 15 is 0 Å². The molecular formula is C24H23N3O3S. The maximum Gasteiger partial charge on any atom is 0.271 e. The van der Waals surface area contributed by atoms with Crippen LogP contribution in [-0.4, -0.2) is 28.4 Å². The Bertz CT molecular complexity index is 1260. The second-order valence-electron chi connectivity index (χ2n) is 7.42. The van der Waals surface area contributed by atoms with E-state index in [0.29, 0.717) is 17.8 Å². The third-order valence-corrected chi connectivity index (χ3v) is 5.97. The van der Waals surface area contributed by atoms with Crippen molar-refractivity contribution >= 4 is 22.2 Å². The predicted molar refractivity (Wildman–Crippen MR) is 122 cm³/mol. The van der Waals surface area contributed by atoms with Crippen LogP contribution >= 0.6 is 11.3 Å². The van der Waals surface area contributed by atoms with Crippen LogP contribution < -0.4 is 15.6 Å². The van der Waals surface area contributed by atoms with Crippen molar-refractivity contribution in [3.05, 3.63) is 98.9 Å². The summed E-state index contributed by atoms with van der Waals surface area (Å²) in [5.41, 5.74) is 1.89. The highest BCUT2D eigenvalue weighted by atomic mass is 32.1. The molecule has 2 aromatic carbocycles. The van der Waals surface area contributed by atoms with Gasteiger partial charge in [0.2, 0.25) is 0 Å². The Morgan fingerprint density at radius 1 is 1.16 bits per heavy atom. The molecule has 0 bridgehead atoms. The van der Waals surface area contributed by atoms with Crippen molar-refractivity contribution in [2.75, 3.05) is 7.11 Å². The summed E-state index contributed by atoms with van der Waals surface area (Å²) in [7, 11) is 1.62. The molecule has 1 N–H and O–H groups in total. The first kappa shape index (κ1) is 20.8. The first-order valence-electron chi connectivity index (χ1n) is 10.0. The van der Waals surface area contributed by atoms with Crippen molar-refractivity contribution in [3.8, 4) is 5.75 Å². The summed E-state index contributed by atoms with van der Waals surface area (Å²) in [5, 5.41) is 2.90. The number of amides is 1. The van der Waals surface area contributed by atoms with Crippen molar-refractivity contribution < 1.29 is 9.53 Å². The summed E-state index contributed by atoms with van der Waals surface area (Å²) in [5.74, 6) is 0.353. The number of thiazole rings is 1. The van der Waals surface area contributed by atoms with Gasteiger partial charge in [-0.05, 0) is 36.6 Å². The summed E-state index contributed by atoms with van der Waals surface area (Å²) >= 11 is 1.45. The lowest BCUT2D eigenvalue weighted by Gasteiger charge is -2.14. The van der Waals surface area contributed by atoms with Crippen molar-refractivity contribution in [3.63, 3.8) is 0 Å². The van der Waals surface area contributed by atoms with Gasteiger partial charge in [-0.2, -0.15) is 0 Å². The highest BCUT2D eigenvalue weighted by molar-refractivity contribution is 7.17. The monoisotopic (exact) mass is 433 g/mol. The lowest BCUT2D eigenvalue weighted by Crippen LogP contribution is -2.37. The number of fused-ring (bicyclic) bond motifs is 1. The van der Waals surface area contributed by atoms with E-state index in [-0.39, 0.29) is 17.2 Å². The van der Waals surface area contributed by atoms with E-state index in [0.717, 1.165) is 21.8 Å². The average Bonchev–Trinajstić information content (AvgIpc) is 3.18. The number of nitrogens with zero attached hydrogens (tertiary/aromatic N) is 2. The van der Waals surface area contributed by atoms with Crippen LogP contribution in [0.15, 0.2) is 71.8 Å². The third-order valence-electron chi connectivity index (χ3n) is 4.97. The van der Waals surface area contributed by atoms with E-state index in [2.05, 4.69) is 10.3 Å². The van der Waals surface area contributed by atoms with Crippen LogP contribution in [0.1, 0.15) is 33.3 Å². The van der Waals surface area contributed by atoms with Crippen LogP contribution in [0.25, 0.3) is 4.96 Å². The molecule has 0 saturated carbocycles. The molecule has 0 fully saturated rings. The molecule has 1 amide bonds. The van der Waals surface area contributed by atoms with Crippen LogP contribution in [0.5, 0.6) is 5.75 Å². The average molecular weight is 434 g/mol. The molecule has 0 aliphatic rings. The van der Waals surface area contributed by atoms with Gasteiger partial charge in [-0.25, -0.2) is 4.98 Å². The van der Waals surface area contributed by atoms with Crippen molar-refractivity contribution in [1.82, 2.24) is 14.7 Å². The predicted octanol–water partition coefficient (Wildman–Crippen LogP) is 3.72. The molecule has 2 aromatic heterocycles. The zero-order valence-corrected chi connectivity index (χ0v) is 18.2. The molecule has 0 spiro atoms. The van der Waals surface area contributed by atoms with Crippen molar-refractivity contribution in [2.45, 2.75) is 25.8 Å². The molecule has 1 unspecified atom stereocenters. The van der Waals surface area contributed by atoms with Gasteiger partial charge in [0.25, 0.3) is 11.5 Å². The molecule has 2 heterocycles. The summed E-state index contributed by atoms with van der Waals surface area (Å²) < 4.78 is 6.71. The van der Waals surface area contributed by atoms with E-state index in [1.54, 1.807) is 13.3 Å². The molecule has 31 heavy (non-hydrogen) atoms. The normalized spacial score (nSPS) is 11.9. The second kappa shape index (κ2) is 9.14. The Kier molecular flexibility index (Phi) is 6.13. The summed E-state index contributed by atoms with van der Waals surface area (Å²) in [6, 6.07) is 17.6. The number of benzene rings is 2. The standard InChI is InChI=1S/C24H23N3O3S/c1-16(11-18-9-6-10-19(12-18)30-2)26-22(28)21-14-25-24-27(23(21)29)15-20(31-24)13-17-7-4-3-5-8-17/h3-10,12,14-16H,11,13H2,1-2H3,(H,26,28). The third kappa shape index (κ3) is 4.83. The van der Waals surface area contributed by atoms with Crippen LogP contribution in [0, 0.1) is 0 Å².